The number of nitrogens with zero attached hydrogens (tertiary/aromatic N) is 3. The number of imidazole rings is 1. The molecule has 0 amide bonds. The summed E-state index contributed by atoms with van der Waals surface area (Å²) in [6, 6.07) is 9.77. The third kappa shape index (κ3) is 2.42. The molecule has 2 aromatic heterocycles. The molecule has 1 N–H and O–H groups in total. The van der Waals surface area contributed by atoms with E-state index in [0.29, 0.717) is 6.42 Å². The maximum atomic E-state index is 10.4. The third-order valence-corrected chi connectivity index (χ3v) is 3.60. The molecule has 0 aliphatic heterocycles. The van der Waals surface area contributed by atoms with Crippen LogP contribution in [0, 0.1) is 0 Å². The molecule has 20 heavy (non-hydrogen) atoms. The summed E-state index contributed by atoms with van der Waals surface area (Å²) in [5, 5.41) is 11.5. The first-order valence-electron chi connectivity index (χ1n) is 6.73. The van der Waals surface area contributed by atoms with Gasteiger partial charge in [0.25, 0.3) is 0 Å². The van der Waals surface area contributed by atoms with Crippen LogP contribution in [0.5, 0.6) is 0 Å². The summed E-state index contributed by atoms with van der Waals surface area (Å²) in [5.74, 6) is 0.988. The second kappa shape index (κ2) is 5.43. The molecule has 3 aromatic rings. The number of hydrogen-bond acceptors (Lipinski definition) is 3. The van der Waals surface area contributed by atoms with Crippen LogP contribution in [-0.4, -0.2) is 19.6 Å². The lowest BCUT2D eigenvalue weighted by atomic mass is 10.00. The van der Waals surface area contributed by atoms with Crippen molar-refractivity contribution in [3.05, 3.63) is 60.3 Å². The monoisotopic (exact) mass is 267 g/mol. The summed E-state index contributed by atoms with van der Waals surface area (Å²) in [6.45, 7) is 0. The molecule has 0 spiro atoms. The van der Waals surface area contributed by atoms with Crippen molar-refractivity contribution in [2.45, 2.75) is 18.9 Å². The number of aliphatic hydroxyl groups excluding tert-OH is 1. The molecule has 0 aliphatic rings. The van der Waals surface area contributed by atoms with Gasteiger partial charge in [0.05, 0.1) is 11.6 Å². The van der Waals surface area contributed by atoms with E-state index in [-0.39, 0.29) is 0 Å². The molecule has 0 saturated heterocycles. The number of aliphatic hydroxyl groups is 1. The molecule has 0 radical (unpaired) electrons. The second-order valence-electron chi connectivity index (χ2n) is 4.93. The van der Waals surface area contributed by atoms with Gasteiger partial charge in [-0.1, -0.05) is 18.2 Å². The van der Waals surface area contributed by atoms with Crippen LogP contribution in [0.15, 0.2) is 48.9 Å². The highest BCUT2D eigenvalue weighted by Crippen LogP contribution is 2.25. The van der Waals surface area contributed by atoms with Crippen LogP contribution < -0.4 is 0 Å². The average molecular weight is 267 g/mol. The van der Waals surface area contributed by atoms with Crippen molar-refractivity contribution in [1.29, 1.82) is 0 Å². The maximum absolute atomic E-state index is 10.4. The Hall–Kier alpha value is -2.20. The van der Waals surface area contributed by atoms with E-state index in [0.717, 1.165) is 28.7 Å². The molecule has 1 atom stereocenters. The van der Waals surface area contributed by atoms with Crippen LogP contribution in [0.2, 0.25) is 0 Å². The molecule has 4 nitrogen and oxygen atoms in total. The topological polar surface area (TPSA) is 50.9 Å². The van der Waals surface area contributed by atoms with Crippen LogP contribution in [0.3, 0.4) is 0 Å². The smallest absolute Gasteiger partial charge is 0.108 e. The predicted molar refractivity (Wildman–Crippen MR) is 78.2 cm³/mol. The summed E-state index contributed by atoms with van der Waals surface area (Å²) in [5.41, 5.74) is 1.85. The van der Waals surface area contributed by atoms with E-state index in [2.05, 4.69) is 9.97 Å². The molecule has 3 rings (SSSR count). The van der Waals surface area contributed by atoms with Gasteiger partial charge in [0.1, 0.15) is 5.82 Å². The van der Waals surface area contributed by atoms with E-state index in [4.69, 9.17) is 0 Å². The van der Waals surface area contributed by atoms with Crippen molar-refractivity contribution in [3.8, 4) is 0 Å². The first-order chi connectivity index (χ1) is 9.75. The quantitative estimate of drug-likeness (QED) is 0.790. The summed E-state index contributed by atoms with van der Waals surface area (Å²) in [6.07, 6.45) is 6.37. The minimum Gasteiger partial charge on any atom is -0.388 e. The van der Waals surface area contributed by atoms with Crippen LogP contribution in [-0.2, 0) is 13.5 Å². The van der Waals surface area contributed by atoms with Crippen LogP contribution in [0.25, 0.3) is 10.9 Å². The minimum atomic E-state index is -0.500. The van der Waals surface area contributed by atoms with E-state index in [1.165, 1.54) is 0 Å². The summed E-state index contributed by atoms with van der Waals surface area (Å²) in [7, 11) is 1.97. The van der Waals surface area contributed by atoms with Gasteiger partial charge in [-0.2, -0.15) is 0 Å². The fourth-order valence-corrected chi connectivity index (χ4v) is 2.48. The van der Waals surface area contributed by atoms with Crippen molar-refractivity contribution in [2.75, 3.05) is 0 Å². The largest absolute Gasteiger partial charge is 0.388 e. The van der Waals surface area contributed by atoms with Gasteiger partial charge in [-0.05, 0) is 24.1 Å². The molecule has 0 bridgehead atoms. The molecule has 4 heteroatoms. The van der Waals surface area contributed by atoms with Crippen LogP contribution in [0.4, 0.5) is 0 Å². The van der Waals surface area contributed by atoms with Crippen LogP contribution in [0.1, 0.15) is 23.9 Å². The highest BCUT2D eigenvalue weighted by molar-refractivity contribution is 5.82. The number of fused-ring (bicyclic) bond motifs is 1. The van der Waals surface area contributed by atoms with Crippen molar-refractivity contribution >= 4 is 10.9 Å². The molecule has 102 valence electrons. The van der Waals surface area contributed by atoms with Crippen LogP contribution >= 0.6 is 0 Å². The summed E-state index contributed by atoms with van der Waals surface area (Å²) in [4.78, 5) is 8.60. The molecule has 0 saturated carbocycles. The lowest BCUT2D eigenvalue weighted by molar-refractivity contribution is 0.168. The third-order valence-electron chi connectivity index (χ3n) is 3.60. The number of benzene rings is 1. The van der Waals surface area contributed by atoms with Gasteiger partial charge in [-0.15, -0.1) is 0 Å². The first kappa shape index (κ1) is 12.8. The SMILES string of the molecule is Cn1ccnc1CCC(O)c1cccc2ncccc12. The van der Waals surface area contributed by atoms with Gasteiger partial charge in [-0.25, -0.2) is 4.98 Å². The molecule has 0 aliphatic carbocycles. The Morgan fingerprint density at radius 1 is 1.15 bits per heavy atom. The van der Waals surface area contributed by atoms with E-state index >= 15 is 0 Å². The fourth-order valence-electron chi connectivity index (χ4n) is 2.48. The zero-order valence-electron chi connectivity index (χ0n) is 11.4. The molecular formula is C16H17N3O. The number of pyridine rings is 1. The highest BCUT2D eigenvalue weighted by Gasteiger charge is 2.12. The number of aryl methyl sites for hydroxylation is 2. The Labute approximate surface area is 117 Å². The van der Waals surface area contributed by atoms with E-state index < -0.39 is 6.10 Å². The zero-order valence-corrected chi connectivity index (χ0v) is 11.4. The van der Waals surface area contributed by atoms with Gasteiger partial charge < -0.3 is 9.67 Å². The van der Waals surface area contributed by atoms with E-state index in [1.54, 1.807) is 12.4 Å². The van der Waals surface area contributed by atoms with E-state index in [9.17, 15) is 5.11 Å². The van der Waals surface area contributed by atoms with Gasteiger partial charge in [0.15, 0.2) is 0 Å². The molecule has 1 aromatic carbocycles. The van der Waals surface area contributed by atoms with E-state index in [1.807, 2.05) is 48.1 Å². The van der Waals surface area contributed by atoms with Gasteiger partial charge >= 0.3 is 0 Å². The Bertz CT molecular complexity index is 715. The number of hydrogen-bond donors (Lipinski definition) is 1. The number of rotatable bonds is 4. The second-order valence-corrected chi connectivity index (χ2v) is 4.93. The van der Waals surface area contributed by atoms with Crippen molar-refractivity contribution in [1.82, 2.24) is 14.5 Å². The lowest BCUT2D eigenvalue weighted by Gasteiger charge is -2.13. The average Bonchev–Trinajstić information content (AvgIpc) is 2.89. The van der Waals surface area contributed by atoms with Crippen molar-refractivity contribution < 1.29 is 5.11 Å². The lowest BCUT2D eigenvalue weighted by Crippen LogP contribution is -2.04. The Balaban J connectivity index is 1.82. The normalized spacial score (nSPS) is 12.7. The van der Waals surface area contributed by atoms with Gasteiger partial charge in [-0.3, -0.25) is 4.98 Å². The molecule has 2 heterocycles. The summed E-state index contributed by atoms with van der Waals surface area (Å²) < 4.78 is 1.98. The predicted octanol–water partition coefficient (Wildman–Crippen LogP) is 2.63. The van der Waals surface area contributed by atoms with Gasteiger partial charge in [0, 0.05) is 37.4 Å². The highest BCUT2D eigenvalue weighted by atomic mass is 16.3. The Kier molecular flexibility index (Phi) is 3.48. The fraction of sp³-hybridized carbons (Fsp3) is 0.250. The Morgan fingerprint density at radius 2 is 2.05 bits per heavy atom. The standard InChI is InChI=1S/C16H17N3O/c1-19-11-10-18-16(19)8-7-15(20)13-4-2-6-14-12(13)5-3-9-17-14/h2-6,9-11,15,20H,7-8H2,1H3. The maximum Gasteiger partial charge on any atom is 0.108 e. The summed E-state index contributed by atoms with van der Waals surface area (Å²) >= 11 is 0. The van der Waals surface area contributed by atoms with Crippen molar-refractivity contribution in [2.24, 2.45) is 7.05 Å². The van der Waals surface area contributed by atoms with Gasteiger partial charge in [0.2, 0.25) is 0 Å². The minimum absolute atomic E-state index is 0.500. The number of aromatic nitrogens is 3. The molecular weight excluding hydrogens is 250 g/mol. The first-order valence-corrected chi connectivity index (χ1v) is 6.73. The zero-order chi connectivity index (χ0) is 13.9. The van der Waals surface area contributed by atoms with Crippen molar-refractivity contribution in [3.63, 3.8) is 0 Å². The molecule has 0 fully saturated rings. The molecule has 1 unspecified atom stereocenters. The Morgan fingerprint density at radius 3 is 2.85 bits per heavy atom.